The molecule has 112 valence electrons. The number of benzene rings is 2. The van der Waals surface area contributed by atoms with E-state index < -0.39 is 0 Å². The van der Waals surface area contributed by atoms with E-state index in [9.17, 15) is 5.11 Å². The van der Waals surface area contributed by atoms with Gasteiger partial charge in [0, 0.05) is 36.1 Å². The van der Waals surface area contributed by atoms with Crippen LogP contribution in [0.1, 0.15) is 23.5 Å². The highest BCUT2D eigenvalue weighted by molar-refractivity contribution is 5.82. The normalized spacial score (nSPS) is 19.0. The molecule has 1 atom stereocenters. The van der Waals surface area contributed by atoms with Crippen LogP contribution in [-0.2, 0) is 6.54 Å². The number of para-hydroxylation sites is 2. The lowest BCUT2D eigenvalue weighted by atomic mass is 9.97. The molecule has 0 spiro atoms. The number of hydrogen-bond acceptors (Lipinski definition) is 2. The number of aromatic hydroxyl groups is 1. The van der Waals surface area contributed by atoms with Gasteiger partial charge in [-0.15, -0.1) is 0 Å². The highest BCUT2D eigenvalue weighted by Crippen LogP contribution is 2.33. The minimum atomic E-state index is 0.432. The van der Waals surface area contributed by atoms with Gasteiger partial charge in [0.25, 0.3) is 0 Å². The number of nitrogens with zero attached hydrogens (tertiary/aromatic N) is 1. The highest BCUT2D eigenvalue weighted by Gasteiger charge is 2.26. The Labute approximate surface area is 130 Å². The molecule has 1 saturated heterocycles. The summed E-state index contributed by atoms with van der Waals surface area (Å²) in [7, 11) is 0. The molecular weight excluding hydrogens is 272 g/mol. The number of nitrogens with one attached hydrogen (secondary N) is 1. The van der Waals surface area contributed by atoms with Gasteiger partial charge in [0.05, 0.1) is 0 Å². The van der Waals surface area contributed by atoms with Crippen LogP contribution >= 0.6 is 0 Å². The van der Waals surface area contributed by atoms with Crippen LogP contribution in [0.15, 0.2) is 54.7 Å². The van der Waals surface area contributed by atoms with Gasteiger partial charge in [-0.1, -0.05) is 36.4 Å². The lowest BCUT2D eigenvalue weighted by molar-refractivity contribution is 0.327. The maximum Gasteiger partial charge on any atom is 0.119 e. The van der Waals surface area contributed by atoms with Crippen molar-refractivity contribution in [2.45, 2.75) is 18.9 Å². The van der Waals surface area contributed by atoms with Crippen molar-refractivity contribution < 1.29 is 5.11 Å². The van der Waals surface area contributed by atoms with E-state index in [1.54, 1.807) is 6.07 Å². The first-order valence-electron chi connectivity index (χ1n) is 7.86. The van der Waals surface area contributed by atoms with Crippen LogP contribution in [0.2, 0.25) is 0 Å². The van der Waals surface area contributed by atoms with E-state index in [2.05, 4.69) is 46.4 Å². The van der Waals surface area contributed by atoms with Crippen molar-refractivity contribution in [1.29, 1.82) is 0 Å². The number of H-pyrrole nitrogens is 1. The van der Waals surface area contributed by atoms with Crippen molar-refractivity contribution in [3.63, 3.8) is 0 Å². The van der Waals surface area contributed by atoms with Crippen molar-refractivity contribution in [3.05, 3.63) is 65.9 Å². The average Bonchev–Trinajstić information content (AvgIpc) is 3.16. The predicted molar refractivity (Wildman–Crippen MR) is 89.0 cm³/mol. The molecule has 2 heterocycles. The molecule has 3 heteroatoms. The van der Waals surface area contributed by atoms with Crippen LogP contribution in [0.5, 0.6) is 5.75 Å². The average molecular weight is 292 g/mol. The summed E-state index contributed by atoms with van der Waals surface area (Å²) in [5.41, 5.74) is 3.64. The molecule has 1 unspecified atom stereocenters. The van der Waals surface area contributed by atoms with E-state index in [0.717, 1.165) is 31.6 Å². The Morgan fingerprint density at radius 3 is 2.82 bits per heavy atom. The lowest BCUT2D eigenvalue weighted by Crippen LogP contribution is -2.19. The Balaban J connectivity index is 1.51. The van der Waals surface area contributed by atoms with Crippen molar-refractivity contribution in [3.8, 4) is 5.75 Å². The minimum Gasteiger partial charge on any atom is -0.508 e. The zero-order chi connectivity index (χ0) is 14.9. The van der Waals surface area contributed by atoms with Crippen molar-refractivity contribution >= 4 is 10.9 Å². The fourth-order valence-corrected chi connectivity index (χ4v) is 3.57. The van der Waals surface area contributed by atoms with Crippen LogP contribution in [-0.4, -0.2) is 28.1 Å². The number of phenolic OH excluding ortho intramolecular Hbond substituents is 1. The molecule has 0 amide bonds. The standard InChI is InChI=1S/C19H20N2O/c22-19-8-4-2-6-17(19)14-9-10-21(12-14)13-15-11-20-18-7-3-1-5-16(15)18/h1-8,11,14,20,22H,9-10,12-13H2. The topological polar surface area (TPSA) is 39.3 Å². The van der Waals surface area contributed by atoms with Gasteiger partial charge < -0.3 is 10.1 Å². The van der Waals surface area contributed by atoms with E-state index in [1.807, 2.05) is 12.1 Å². The first-order chi connectivity index (χ1) is 10.8. The van der Waals surface area contributed by atoms with Gasteiger partial charge in [-0.05, 0) is 36.2 Å². The van der Waals surface area contributed by atoms with Crippen molar-refractivity contribution in [2.24, 2.45) is 0 Å². The van der Waals surface area contributed by atoms with Crippen molar-refractivity contribution in [1.82, 2.24) is 9.88 Å². The number of likely N-dealkylation sites (tertiary alicyclic amines) is 1. The first kappa shape index (κ1) is 13.4. The van der Waals surface area contributed by atoms with Crippen molar-refractivity contribution in [2.75, 3.05) is 13.1 Å². The molecule has 0 bridgehead atoms. The third-order valence-electron chi connectivity index (χ3n) is 4.72. The van der Waals surface area contributed by atoms with Crippen LogP contribution in [0.4, 0.5) is 0 Å². The highest BCUT2D eigenvalue weighted by atomic mass is 16.3. The maximum absolute atomic E-state index is 10.0. The number of hydrogen-bond donors (Lipinski definition) is 2. The molecule has 4 rings (SSSR count). The third kappa shape index (κ3) is 2.38. The van der Waals surface area contributed by atoms with Crippen LogP contribution in [0.3, 0.4) is 0 Å². The van der Waals surface area contributed by atoms with Gasteiger partial charge in [-0.3, -0.25) is 4.90 Å². The molecule has 1 fully saturated rings. The fraction of sp³-hybridized carbons (Fsp3) is 0.263. The number of aromatic amines is 1. The first-order valence-corrected chi connectivity index (χ1v) is 7.86. The van der Waals surface area contributed by atoms with Gasteiger partial charge >= 0.3 is 0 Å². The maximum atomic E-state index is 10.0. The second-order valence-corrected chi connectivity index (χ2v) is 6.14. The van der Waals surface area contributed by atoms with E-state index in [4.69, 9.17) is 0 Å². The summed E-state index contributed by atoms with van der Waals surface area (Å²) in [6.07, 6.45) is 3.23. The zero-order valence-corrected chi connectivity index (χ0v) is 12.5. The molecule has 2 aromatic carbocycles. The number of phenols is 1. The Hall–Kier alpha value is -2.26. The molecule has 0 saturated carbocycles. The van der Waals surface area contributed by atoms with Gasteiger partial charge in [0.2, 0.25) is 0 Å². The van der Waals surface area contributed by atoms with Crippen LogP contribution in [0.25, 0.3) is 10.9 Å². The molecule has 1 aliphatic rings. The van der Waals surface area contributed by atoms with Gasteiger partial charge in [0.15, 0.2) is 0 Å². The van der Waals surface area contributed by atoms with Gasteiger partial charge in [-0.2, -0.15) is 0 Å². The smallest absolute Gasteiger partial charge is 0.119 e. The molecule has 3 aromatic rings. The summed E-state index contributed by atoms with van der Waals surface area (Å²) in [5, 5.41) is 11.3. The fourth-order valence-electron chi connectivity index (χ4n) is 3.57. The lowest BCUT2D eigenvalue weighted by Gasteiger charge is -2.16. The quantitative estimate of drug-likeness (QED) is 0.769. The molecule has 0 radical (unpaired) electrons. The Bertz CT molecular complexity index is 793. The SMILES string of the molecule is Oc1ccccc1C1CCN(Cc2c[nH]c3ccccc23)C1. The Kier molecular flexibility index (Phi) is 3.35. The summed E-state index contributed by atoms with van der Waals surface area (Å²) in [4.78, 5) is 5.83. The molecular formula is C19H20N2O. The number of fused-ring (bicyclic) bond motifs is 1. The minimum absolute atomic E-state index is 0.432. The summed E-state index contributed by atoms with van der Waals surface area (Å²) in [6.45, 7) is 3.06. The van der Waals surface area contributed by atoms with Gasteiger partial charge in [0.1, 0.15) is 5.75 Å². The molecule has 22 heavy (non-hydrogen) atoms. The second kappa shape index (κ2) is 5.50. The summed E-state index contributed by atoms with van der Waals surface area (Å²) in [6, 6.07) is 16.2. The molecule has 1 aliphatic heterocycles. The van der Waals surface area contributed by atoms with E-state index >= 15 is 0 Å². The predicted octanol–water partition coefficient (Wildman–Crippen LogP) is 3.86. The summed E-state index contributed by atoms with van der Waals surface area (Å²) < 4.78 is 0. The molecule has 3 nitrogen and oxygen atoms in total. The van der Waals surface area contributed by atoms with Crippen LogP contribution in [0, 0.1) is 0 Å². The largest absolute Gasteiger partial charge is 0.508 e. The molecule has 2 N–H and O–H groups in total. The summed E-state index contributed by atoms with van der Waals surface area (Å²) in [5.74, 6) is 0.868. The number of rotatable bonds is 3. The third-order valence-corrected chi connectivity index (χ3v) is 4.72. The zero-order valence-electron chi connectivity index (χ0n) is 12.5. The molecule has 1 aromatic heterocycles. The Morgan fingerprint density at radius 1 is 1.09 bits per heavy atom. The van der Waals surface area contributed by atoms with E-state index in [1.165, 1.54) is 16.5 Å². The Morgan fingerprint density at radius 2 is 1.91 bits per heavy atom. The van der Waals surface area contributed by atoms with Gasteiger partial charge in [-0.25, -0.2) is 0 Å². The number of aromatic nitrogens is 1. The monoisotopic (exact) mass is 292 g/mol. The van der Waals surface area contributed by atoms with E-state index in [-0.39, 0.29) is 0 Å². The van der Waals surface area contributed by atoms with Crippen LogP contribution < -0.4 is 0 Å². The summed E-state index contributed by atoms with van der Waals surface area (Å²) >= 11 is 0. The second-order valence-electron chi connectivity index (χ2n) is 6.14. The van der Waals surface area contributed by atoms with E-state index in [0.29, 0.717) is 11.7 Å². The molecule has 0 aliphatic carbocycles.